The van der Waals surface area contributed by atoms with E-state index >= 15 is 0 Å². The minimum absolute atomic E-state index is 0.183. The second kappa shape index (κ2) is 7.59. The van der Waals surface area contributed by atoms with Crippen molar-refractivity contribution in [3.63, 3.8) is 0 Å². The zero-order valence-electron chi connectivity index (χ0n) is 16.1. The van der Waals surface area contributed by atoms with Gasteiger partial charge in [-0.05, 0) is 49.1 Å². The molecule has 2 aliphatic rings. The van der Waals surface area contributed by atoms with Gasteiger partial charge in [-0.15, -0.1) is 0 Å². The lowest BCUT2D eigenvalue weighted by atomic mass is 9.74. The molecule has 4 atom stereocenters. The molecule has 1 aromatic heterocycles. The van der Waals surface area contributed by atoms with E-state index in [-0.39, 0.29) is 28.3 Å². The van der Waals surface area contributed by atoms with Crippen LogP contribution in [0.25, 0.3) is 0 Å². The molecule has 0 aliphatic heterocycles. The number of nitrogens with two attached hydrogens (primary N) is 1. The van der Waals surface area contributed by atoms with E-state index in [0.717, 1.165) is 12.5 Å². The number of carbonyl (C=O) groups excluding carboxylic acids is 1. The van der Waals surface area contributed by atoms with Gasteiger partial charge in [0.15, 0.2) is 16.6 Å². The van der Waals surface area contributed by atoms with Gasteiger partial charge in [-0.2, -0.15) is 4.39 Å². The van der Waals surface area contributed by atoms with Crippen LogP contribution in [0.5, 0.6) is 5.75 Å². The van der Waals surface area contributed by atoms with E-state index in [9.17, 15) is 22.0 Å². The molecule has 30 heavy (non-hydrogen) atoms. The second-order valence-corrected chi connectivity index (χ2v) is 9.35. The minimum atomic E-state index is -4.02. The number of hydrogen-bond acceptors (Lipinski definition) is 5. The van der Waals surface area contributed by atoms with Gasteiger partial charge in [0.2, 0.25) is 11.7 Å². The van der Waals surface area contributed by atoms with Crippen LogP contribution in [0.1, 0.15) is 30.7 Å². The first-order valence-corrected chi connectivity index (χ1v) is 11.0. The Hall–Kier alpha value is -2.59. The molecule has 1 aromatic carbocycles. The van der Waals surface area contributed by atoms with Crippen molar-refractivity contribution in [2.45, 2.75) is 30.2 Å². The Labute approximate surface area is 172 Å². The van der Waals surface area contributed by atoms with Gasteiger partial charge in [0.1, 0.15) is 0 Å². The molecule has 160 valence electrons. The number of fused-ring (bicyclic) bond motifs is 1. The van der Waals surface area contributed by atoms with Crippen molar-refractivity contribution in [2.24, 2.45) is 22.9 Å². The monoisotopic (exact) mass is 437 g/mol. The normalized spacial score (nSPS) is 25.3. The van der Waals surface area contributed by atoms with Gasteiger partial charge >= 0.3 is 0 Å². The highest BCUT2D eigenvalue weighted by molar-refractivity contribution is 7.89. The summed E-state index contributed by atoms with van der Waals surface area (Å²) in [4.78, 5) is 16.8. The molecule has 1 heterocycles. The van der Waals surface area contributed by atoms with E-state index < -0.39 is 27.6 Å². The van der Waals surface area contributed by atoms with Crippen LogP contribution < -0.4 is 15.2 Å². The summed E-state index contributed by atoms with van der Waals surface area (Å²) < 4.78 is 56.1. The number of pyridine rings is 1. The number of hydrogen-bond donors (Lipinski definition) is 2. The number of rotatable bonds is 5. The fourth-order valence-electron chi connectivity index (χ4n) is 4.43. The van der Waals surface area contributed by atoms with Crippen LogP contribution in [0, 0.1) is 29.4 Å². The van der Waals surface area contributed by atoms with Gasteiger partial charge in [-0.1, -0.05) is 6.07 Å². The molecule has 0 radical (unpaired) electrons. The predicted octanol–water partition coefficient (Wildman–Crippen LogP) is 2.78. The van der Waals surface area contributed by atoms with Crippen LogP contribution in [-0.4, -0.2) is 26.4 Å². The Morgan fingerprint density at radius 1 is 1.20 bits per heavy atom. The first-order valence-electron chi connectivity index (χ1n) is 9.50. The minimum Gasteiger partial charge on any atom is -0.493 e. The fourth-order valence-corrected chi connectivity index (χ4v) is 4.93. The summed E-state index contributed by atoms with van der Waals surface area (Å²) in [6, 6.07) is 5.16. The number of anilines is 1. The number of aromatic nitrogens is 1. The van der Waals surface area contributed by atoms with Gasteiger partial charge in [0, 0.05) is 29.4 Å². The number of halogens is 2. The number of ether oxygens (including phenoxy) is 1. The van der Waals surface area contributed by atoms with Crippen LogP contribution in [0.4, 0.5) is 14.5 Å². The van der Waals surface area contributed by atoms with Gasteiger partial charge < -0.3 is 10.1 Å². The summed E-state index contributed by atoms with van der Waals surface area (Å²) in [7, 11) is -2.75. The number of carbonyl (C=O) groups is 1. The molecule has 7 nitrogen and oxygen atoms in total. The summed E-state index contributed by atoms with van der Waals surface area (Å²) in [5.74, 6) is -2.57. The quantitative estimate of drug-likeness (QED) is 0.747. The maximum absolute atomic E-state index is 14.3. The third-order valence-electron chi connectivity index (χ3n) is 5.98. The number of nitrogens with zero attached hydrogens (tertiary/aromatic N) is 1. The van der Waals surface area contributed by atoms with E-state index in [4.69, 9.17) is 9.88 Å². The van der Waals surface area contributed by atoms with Crippen molar-refractivity contribution in [1.29, 1.82) is 0 Å². The lowest BCUT2D eigenvalue weighted by Crippen LogP contribution is -2.32. The highest BCUT2D eigenvalue weighted by Gasteiger charge is 2.49. The van der Waals surface area contributed by atoms with Crippen LogP contribution in [0.15, 0.2) is 35.5 Å². The zero-order chi connectivity index (χ0) is 21.6. The van der Waals surface area contributed by atoms with Crippen molar-refractivity contribution in [3.05, 3.63) is 47.7 Å². The molecular formula is C20H21F2N3O4S. The van der Waals surface area contributed by atoms with E-state index in [1.807, 2.05) is 0 Å². The van der Waals surface area contributed by atoms with Crippen molar-refractivity contribution in [2.75, 3.05) is 12.4 Å². The number of sulfonamides is 1. The van der Waals surface area contributed by atoms with Gasteiger partial charge in [-0.25, -0.2) is 22.9 Å². The van der Waals surface area contributed by atoms with E-state index in [0.29, 0.717) is 30.2 Å². The molecule has 10 heteroatoms. The van der Waals surface area contributed by atoms with Crippen LogP contribution in [-0.2, 0) is 14.8 Å². The fraction of sp³-hybridized carbons (Fsp3) is 0.400. The standard InChI is InChI=1S/C20H21F2N3O4S/c1-29-19-13(2-3-16(21)18(19)22)14-7-10-6-11(10)8-15(14)20(26)25-12-4-5-24-17(9-12)30(23,27)28/h2-5,9-11,14-15H,6-8H2,1H3,(H2,23,27,28)(H,24,25,26)/t10-,11?,14+,15-/m1/s1. The topological polar surface area (TPSA) is 111 Å². The van der Waals surface area contributed by atoms with Crippen molar-refractivity contribution < 1.29 is 26.7 Å². The number of benzene rings is 1. The SMILES string of the molecule is COc1c([C@@H]2C[C@H]3CC3C[C@H]2C(=O)Nc2ccnc(S(N)(=O)=O)c2)ccc(F)c1F. The Morgan fingerprint density at radius 2 is 1.93 bits per heavy atom. The maximum atomic E-state index is 14.3. The summed E-state index contributed by atoms with van der Waals surface area (Å²) >= 11 is 0. The van der Waals surface area contributed by atoms with Crippen molar-refractivity contribution in [3.8, 4) is 5.75 Å². The number of nitrogens with one attached hydrogen (secondary N) is 1. The van der Waals surface area contributed by atoms with Gasteiger partial charge in [0.25, 0.3) is 10.0 Å². The highest BCUT2D eigenvalue weighted by atomic mass is 32.2. The Kier molecular flexibility index (Phi) is 5.23. The first-order chi connectivity index (χ1) is 14.2. The number of methoxy groups -OCH3 is 1. The molecule has 3 N–H and O–H groups in total. The average molecular weight is 437 g/mol. The molecule has 0 bridgehead atoms. The summed E-state index contributed by atoms with van der Waals surface area (Å²) in [6.45, 7) is 0. The van der Waals surface area contributed by atoms with E-state index in [1.165, 1.54) is 31.5 Å². The Balaban J connectivity index is 1.64. The predicted molar refractivity (Wildman–Crippen MR) is 104 cm³/mol. The number of amides is 1. The molecule has 0 saturated heterocycles. The lowest BCUT2D eigenvalue weighted by molar-refractivity contribution is -0.121. The molecule has 2 aromatic rings. The molecule has 2 aliphatic carbocycles. The molecule has 4 rings (SSSR count). The van der Waals surface area contributed by atoms with E-state index in [1.54, 1.807) is 0 Å². The third kappa shape index (κ3) is 3.89. The molecule has 0 spiro atoms. The van der Waals surface area contributed by atoms with Crippen molar-refractivity contribution in [1.82, 2.24) is 4.98 Å². The van der Waals surface area contributed by atoms with Crippen LogP contribution in [0.2, 0.25) is 0 Å². The highest BCUT2D eigenvalue weighted by Crippen LogP contribution is 2.57. The Morgan fingerprint density at radius 3 is 2.63 bits per heavy atom. The average Bonchev–Trinajstić information content (AvgIpc) is 3.47. The molecule has 1 unspecified atom stereocenters. The largest absolute Gasteiger partial charge is 0.493 e. The second-order valence-electron chi connectivity index (χ2n) is 7.84. The van der Waals surface area contributed by atoms with E-state index in [2.05, 4.69) is 10.3 Å². The summed E-state index contributed by atoms with van der Waals surface area (Å²) in [5, 5.41) is 7.46. The van der Waals surface area contributed by atoms with Crippen LogP contribution in [0.3, 0.4) is 0 Å². The third-order valence-corrected chi connectivity index (χ3v) is 6.79. The van der Waals surface area contributed by atoms with Gasteiger partial charge in [-0.3, -0.25) is 4.79 Å². The number of primary sulfonamides is 1. The van der Waals surface area contributed by atoms with Gasteiger partial charge in [0.05, 0.1) is 7.11 Å². The molecule has 1 amide bonds. The molecule has 2 fully saturated rings. The molecular weight excluding hydrogens is 416 g/mol. The molecule has 2 saturated carbocycles. The summed E-state index contributed by atoms with van der Waals surface area (Å²) in [5.41, 5.74) is 0.704. The summed E-state index contributed by atoms with van der Waals surface area (Å²) in [6.07, 6.45) is 3.51. The zero-order valence-corrected chi connectivity index (χ0v) is 17.0. The smallest absolute Gasteiger partial charge is 0.255 e. The first kappa shape index (κ1) is 20.7. The lowest BCUT2D eigenvalue weighted by Gasteiger charge is -2.31. The van der Waals surface area contributed by atoms with Crippen molar-refractivity contribution >= 4 is 21.6 Å². The maximum Gasteiger partial charge on any atom is 0.255 e. The van der Waals surface area contributed by atoms with Crippen LogP contribution >= 0.6 is 0 Å². The Bertz CT molecular complexity index is 1110.